The van der Waals surface area contributed by atoms with Gasteiger partial charge in [-0.15, -0.1) is 0 Å². The Morgan fingerprint density at radius 2 is 1.72 bits per heavy atom. The smallest absolute Gasteiger partial charge is 0.303 e. The van der Waals surface area contributed by atoms with Gasteiger partial charge in [-0.05, 0) is 79.9 Å². The maximum Gasteiger partial charge on any atom is 0.303 e. The summed E-state index contributed by atoms with van der Waals surface area (Å²) in [5.74, 6) is 2.66. The number of carboxylic acids is 1. The van der Waals surface area contributed by atoms with Crippen LogP contribution in [-0.2, 0) is 4.79 Å². The Kier molecular flexibility index (Phi) is 6.86. The van der Waals surface area contributed by atoms with E-state index in [1.807, 2.05) is 0 Å². The molecule has 1 saturated heterocycles. The van der Waals surface area contributed by atoms with Crippen LogP contribution in [-0.4, -0.2) is 53.7 Å². The first-order valence-electron chi connectivity index (χ1n) is 12.8. The molecule has 0 aromatic carbocycles. The average Bonchev–Trinajstić information content (AvgIpc) is 2.77. The van der Waals surface area contributed by atoms with Gasteiger partial charge in [-0.3, -0.25) is 9.69 Å². The van der Waals surface area contributed by atoms with Gasteiger partial charge in [-0.25, -0.2) is 4.98 Å². The number of rotatable bonds is 6. The summed E-state index contributed by atoms with van der Waals surface area (Å²) in [7, 11) is 0. The van der Waals surface area contributed by atoms with E-state index in [9.17, 15) is 4.79 Å². The molecule has 1 aliphatic heterocycles. The van der Waals surface area contributed by atoms with Gasteiger partial charge >= 0.3 is 5.97 Å². The second kappa shape index (κ2) is 9.32. The summed E-state index contributed by atoms with van der Waals surface area (Å²) < 4.78 is 0. The summed E-state index contributed by atoms with van der Waals surface area (Å²) in [6.45, 7) is 14.8. The molecule has 1 aromatic rings. The lowest BCUT2D eigenvalue weighted by Crippen LogP contribution is -2.47. The highest BCUT2D eigenvalue weighted by Gasteiger charge is 2.50. The van der Waals surface area contributed by atoms with Gasteiger partial charge < -0.3 is 10.0 Å². The number of fused-ring (bicyclic) bond motifs is 1. The van der Waals surface area contributed by atoms with Crippen LogP contribution in [0.5, 0.6) is 0 Å². The lowest BCUT2D eigenvalue weighted by atomic mass is 9.49. The highest BCUT2D eigenvalue weighted by molar-refractivity contribution is 5.66. The van der Waals surface area contributed by atoms with Gasteiger partial charge in [0.05, 0.1) is 0 Å². The second-order valence-electron chi connectivity index (χ2n) is 11.9. The third kappa shape index (κ3) is 5.13. The van der Waals surface area contributed by atoms with Crippen LogP contribution in [0, 0.1) is 22.7 Å². The van der Waals surface area contributed by atoms with Gasteiger partial charge in [-0.1, -0.05) is 33.8 Å². The largest absolute Gasteiger partial charge is 0.481 e. The molecular formula is C27H43N3O2. The van der Waals surface area contributed by atoms with Crippen LogP contribution < -0.4 is 4.90 Å². The van der Waals surface area contributed by atoms with Crippen LogP contribution in [0.2, 0.25) is 0 Å². The Bertz CT molecular complexity index is 798. The standard InChI is InChI=1S/C27H43N3O2/c1-26(2)12-13-27(3,4)22-19-20(10-11-21(22)26)23-7-5-8-24(28-23)30-17-15-29(16-18-30)14-6-9-25(31)32/h5,7-8,20-22H,6,9-19H2,1-4H3,(H,31,32). The minimum atomic E-state index is -0.695. The predicted molar refractivity (Wildman–Crippen MR) is 130 cm³/mol. The molecule has 2 saturated carbocycles. The van der Waals surface area contributed by atoms with Gasteiger partial charge in [0.25, 0.3) is 0 Å². The third-order valence-corrected chi connectivity index (χ3v) is 9.01. The van der Waals surface area contributed by atoms with Crippen LogP contribution in [0.1, 0.15) is 84.3 Å². The number of hydrogen-bond donors (Lipinski definition) is 1. The van der Waals surface area contributed by atoms with Gasteiger partial charge in [0.1, 0.15) is 5.82 Å². The number of aliphatic carboxylic acids is 1. The molecule has 2 aliphatic carbocycles. The van der Waals surface area contributed by atoms with E-state index >= 15 is 0 Å². The average molecular weight is 442 g/mol. The second-order valence-corrected chi connectivity index (χ2v) is 11.9. The highest BCUT2D eigenvalue weighted by atomic mass is 16.4. The topological polar surface area (TPSA) is 56.7 Å². The Morgan fingerprint density at radius 1 is 1.03 bits per heavy atom. The Morgan fingerprint density at radius 3 is 2.41 bits per heavy atom. The Labute approximate surface area is 194 Å². The number of hydrogen-bond acceptors (Lipinski definition) is 4. The number of carboxylic acid groups (broad SMARTS) is 1. The molecule has 32 heavy (non-hydrogen) atoms. The van der Waals surface area contributed by atoms with E-state index < -0.39 is 5.97 Å². The number of nitrogens with zero attached hydrogens (tertiary/aromatic N) is 3. The van der Waals surface area contributed by atoms with E-state index in [2.05, 4.69) is 55.7 Å². The minimum Gasteiger partial charge on any atom is -0.481 e. The zero-order valence-corrected chi connectivity index (χ0v) is 20.6. The van der Waals surface area contributed by atoms with Gasteiger partial charge in [0, 0.05) is 44.2 Å². The zero-order chi connectivity index (χ0) is 22.9. The molecule has 4 rings (SSSR count). The van der Waals surface area contributed by atoms with Crippen LogP contribution >= 0.6 is 0 Å². The highest BCUT2D eigenvalue weighted by Crippen LogP contribution is 2.59. The molecule has 0 radical (unpaired) electrons. The van der Waals surface area contributed by atoms with Gasteiger partial charge in [0.15, 0.2) is 0 Å². The van der Waals surface area contributed by atoms with Crippen molar-refractivity contribution in [3.8, 4) is 0 Å². The number of pyridine rings is 1. The maximum absolute atomic E-state index is 10.8. The molecular weight excluding hydrogens is 398 g/mol. The number of piperazine rings is 1. The normalized spacial score (nSPS) is 30.0. The molecule has 0 bridgehead atoms. The lowest BCUT2D eigenvalue weighted by Gasteiger charge is -2.56. The lowest BCUT2D eigenvalue weighted by molar-refractivity contribution is -0.137. The first kappa shape index (κ1) is 23.5. The van der Waals surface area contributed by atoms with E-state index in [1.54, 1.807) is 0 Å². The number of aromatic nitrogens is 1. The van der Waals surface area contributed by atoms with Crippen LogP contribution in [0.15, 0.2) is 18.2 Å². The predicted octanol–water partition coefficient (Wildman–Crippen LogP) is 5.41. The first-order chi connectivity index (χ1) is 15.2. The molecule has 0 amide bonds. The summed E-state index contributed by atoms with van der Waals surface area (Å²) in [5, 5.41) is 8.85. The van der Waals surface area contributed by atoms with E-state index in [1.165, 1.54) is 37.8 Å². The first-order valence-corrected chi connectivity index (χ1v) is 12.8. The fraction of sp³-hybridized carbons (Fsp3) is 0.778. The molecule has 2 heterocycles. The van der Waals surface area contributed by atoms with Crippen molar-refractivity contribution in [3.05, 3.63) is 23.9 Å². The van der Waals surface area contributed by atoms with E-state index in [0.29, 0.717) is 16.7 Å². The molecule has 178 valence electrons. The SMILES string of the molecule is CC1(C)CCC(C)(C)C2CC(c3cccc(N4CCN(CCCC(=O)O)CC4)n3)CCC21. The summed E-state index contributed by atoms with van der Waals surface area (Å²) in [6.07, 6.45) is 7.61. The quantitative estimate of drug-likeness (QED) is 0.639. The molecule has 0 spiro atoms. The minimum absolute atomic E-state index is 0.265. The molecule has 1 N–H and O–H groups in total. The maximum atomic E-state index is 10.8. The summed E-state index contributed by atoms with van der Waals surface area (Å²) in [5.41, 5.74) is 2.21. The van der Waals surface area contributed by atoms with E-state index in [0.717, 1.165) is 56.8 Å². The fourth-order valence-corrected chi connectivity index (χ4v) is 6.75. The van der Waals surface area contributed by atoms with Crippen molar-refractivity contribution in [2.24, 2.45) is 22.7 Å². The molecule has 3 fully saturated rings. The summed E-state index contributed by atoms with van der Waals surface area (Å²) >= 11 is 0. The van der Waals surface area contributed by atoms with E-state index in [-0.39, 0.29) is 6.42 Å². The molecule has 5 nitrogen and oxygen atoms in total. The third-order valence-electron chi connectivity index (χ3n) is 9.01. The van der Waals surface area contributed by atoms with Crippen molar-refractivity contribution in [3.63, 3.8) is 0 Å². The molecule has 1 aromatic heterocycles. The Hall–Kier alpha value is -1.62. The van der Waals surface area contributed by atoms with Crippen molar-refractivity contribution in [1.29, 1.82) is 0 Å². The Balaban J connectivity index is 1.38. The van der Waals surface area contributed by atoms with Crippen molar-refractivity contribution >= 4 is 11.8 Å². The number of anilines is 1. The molecule has 5 heteroatoms. The zero-order valence-electron chi connectivity index (χ0n) is 20.6. The monoisotopic (exact) mass is 441 g/mol. The number of carbonyl (C=O) groups is 1. The molecule has 3 atom stereocenters. The van der Waals surface area contributed by atoms with E-state index in [4.69, 9.17) is 10.1 Å². The van der Waals surface area contributed by atoms with Crippen LogP contribution in [0.3, 0.4) is 0 Å². The van der Waals surface area contributed by atoms with Crippen LogP contribution in [0.25, 0.3) is 0 Å². The van der Waals surface area contributed by atoms with Crippen molar-refractivity contribution < 1.29 is 9.90 Å². The van der Waals surface area contributed by atoms with Crippen molar-refractivity contribution in [2.45, 2.75) is 78.6 Å². The van der Waals surface area contributed by atoms with Crippen molar-refractivity contribution in [1.82, 2.24) is 9.88 Å². The summed E-state index contributed by atoms with van der Waals surface area (Å²) in [4.78, 5) is 20.7. The fourth-order valence-electron chi connectivity index (χ4n) is 6.75. The van der Waals surface area contributed by atoms with Gasteiger partial charge in [-0.2, -0.15) is 0 Å². The van der Waals surface area contributed by atoms with Crippen molar-refractivity contribution in [2.75, 3.05) is 37.6 Å². The molecule has 3 aliphatic rings. The van der Waals surface area contributed by atoms with Crippen LogP contribution in [0.4, 0.5) is 5.82 Å². The molecule has 3 unspecified atom stereocenters. The van der Waals surface area contributed by atoms with Gasteiger partial charge in [0.2, 0.25) is 0 Å². The summed E-state index contributed by atoms with van der Waals surface area (Å²) in [6, 6.07) is 6.64.